The van der Waals surface area contributed by atoms with Crippen molar-refractivity contribution in [3.63, 3.8) is 0 Å². The van der Waals surface area contributed by atoms with E-state index in [4.69, 9.17) is 9.47 Å². The number of hydrogen-bond donors (Lipinski definition) is 0. The maximum absolute atomic E-state index is 11.6. The number of ether oxygens (including phenoxy) is 2. The molecule has 1 aromatic carbocycles. The minimum atomic E-state index is -0.160. The van der Waals surface area contributed by atoms with Crippen molar-refractivity contribution in [1.82, 2.24) is 0 Å². The third-order valence-corrected chi connectivity index (χ3v) is 2.70. The van der Waals surface area contributed by atoms with Gasteiger partial charge < -0.3 is 9.47 Å². The molecule has 92 valence electrons. The molecule has 0 aliphatic heterocycles. The van der Waals surface area contributed by atoms with Gasteiger partial charge in [-0.15, -0.1) is 6.58 Å². The Balaban J connectivity index is 3.12. The first-order valence-corrected chi connectivity index (χ1v) is 5.47. The van der Waals surface area contributed by atoms with Gasteiger partial charge in [0, 0.05) is 5.92 Å². The molecule has 17 heavy (non-hydrogen) atoms. The SMILES string of the molecule is C=CCC(C(C)=O)c1ccc(OC)c(OC)c1. The van der Waals surface area contributed by atoms with Crippen LogP contribution in [0.5, 0.6) is 11.5 Å². The Morgan fingerprint density at radius 1 is 1.35 bits per heavy atom. The van der Waals surface area contributed by atoms with Crippen LogP contribution in [-0.2, 0) is 4.79 Å². The van der Waals surface area contributed by atoms with Gasteiger partial charge in [-0.3, -0.25) is 4.79 Å². The van der Waals surface area contributed by atoms with Crippen LogP contribution in [0, 0.1) is 0 Å². The van der Waals surface area contributed by atoms with Crippen LogP contribution in [-0.4, -0.2) is 20.0 Å². The minimum Gasteiger partial charge on any atom is -0.493 e. The van der Waals surface area contributed by atoms with E-state index in [1.807, 2.05) is 18.2 Å². The number of allylic oxidation sites excluding steroid dienone is 1. The van der Waals surface area contributed by atoms with Crippen molar-refractivity contribution in [1.29, 1.82) is 0 Å². The second-order valence-corrected chi connectivity index (χ2v) is 3.80. The van der Waals surface area contributed by atoms with E-state index in [0.29, 0.717) is 17.9 Å². The molecule has 0 aliphatic carbocycles. The van der Waals surface area contributed by atoms with Gasteiger partial charge in [0.2, 0.25) is 0 Å². The van der Waals surface area contributed by atoms with Crippen molar-refractivity contribution >= 4 is 5.78 Å². The molecule has 0 fully saturated rings. The molecule has 1 rings (SSSR count). The summed E-state index contributed by atoms with van der Waals surface area (Å²) in [6, 6.07) is 5.54. The van der Waals surface area contributed by atoms with E-state index < -0.39 is 0 Å². The Labute approximate surface area is 102 Å². The molecule has 1 atom stereocenters. The van der Waals surface area contributed by atoms with Crippen LogP contribution in [0.3, 0.4) is 0 Å². The third kappa shape index (κ3) is 3.09. The number of carbonyl (C=O) groups excluding carboxylic acids is 1. The molecular formula is C14H18O3. The summed E-state index contributed by atoms with van der Waals surface area (Å²) in [5, 5.41) is 0. The zero-order valence-electron chi connectivity index (χ0n) is 10.5. The van der Waals surface area contributed by atoms with Crippen LogP contribution in [0.1, 0.15) is 24.8 Å². The van der Waals surface area contributed by atoms with E-state index in [-0.39, 0.29) is 11.7 Å². The molecule has 0 aliphatic rings. The van der Waals surface area contributed by atoms with E-state index in [1.165, 1.54) is 0 Å². The summed E-state index contributed by atoms with van der Waals surface area (Å²) in [5.41, 5.74) is 0.926. The Kier molecular flexibility index (Phi) is 4.76. The van der Waals surface area contributed by atoms with E-state index >= 15 is 0 Å². The van der Waals surface area contributed by atoms with Gasteiger partial charge in [-0.25, -0.2) is 0 Å². The molecule has 0 radical (unpaired) electrons. The summed E-state index contributed by atoms with van der Waals surface area (Å²) < 4.78 is 10.4. The zero-order chi connectivity index (χ0) is 12.8. The molecule has 0 spiro atoms. The van der Waals surface area contributed by atoms with Gasteiger partial charge in [0.25, 0.3) is 0 Å². The average Bonchev–Trinajstić information content (AvgIpc) is 2.34. The molecule has 0 heterocycles. The van der Waals surface area contributed by atoms with Crippen LogP contribution in [0.15, 0.2) is 30.9 Å². The van der Waals surface area contributed by atoms with Crippen LogP contribution >= 0.6 is 0 Å². The fourth-order valence-corrected chi connectivity index (χ4v) is 1.77. The lowest BCUT2D eigenvalue weighted by atomic mass is 9.92. The van der Waals surface area contributed by atoms with E-state index in [0.717, 1.165) is 5.56 Å². The van der Waals surface area contributed by atoms with Gasteiger partial charge in [0.15, 0.2) is 11.5 Å². The van der Waals surface area contributed by atoms with Crippen molar-refractivity contribution in [3.05, 3.63) is 36.4 Å². The summed E-state index contributed by atoms with van der Waals surface area (Å²) in [6.07, 6.45) is 2.38. The molecule has 0 N–H and O–H groups in total. The largest absolute Gasteiger partial charge is 0.493 e. The third-order valence-electron chi connectivity index (χ3n) is 2.70. The second-order valence-electron chi connectivity index (χ2n) is 3.80. The first kappa shape index (κ1) is 13.3. The number of Topliss-reactive ketones (excluding diaryl/α,β-unsaturated/α-hetero) is 1. The van der Waals surface area contributed by atoms with Crippen LogP contribution in [0.25, 0.3) is 0 Å². The molecule has 0 saturated heterocycles. The Morgan fingerprint density at radius 2 is 2.00 bits per heavy atom. The number of rotatable bonds is 6. The predicted molar refractivity (Wildman–Crippen MR) is 67.8 cm³/mol. The normalized spacial score (nSPS) is 11.7. The fraction of sp³-hybridized carbons (Fsp3) is 0.357. The highest BCUT2D eigenvalue weighted by Gasteiger charge is 2.17. The Morgan fingerprint density at radius 3 is 2.47 bits per heavy atom. The monoisotopic (exact) mass is 234 g/mol. The smallest absolute Gasteiger partial charge is 0.161 e. The van der Waals surface area contributed by atoms with E-state index in [1.54, 1.807) is 27.2 Å². The van der Waals surface area contributed by atoms with E-state index in [9.17, 15) is 4.79 Å². The van der Waals surface area contributed by atoms with Crippen molar-refractivity contribution < 1.29 is 14.3 Å². The standard InChI is InChI=1S/C14H18O3/c1-5-6-12(10(2)15)11-7-8-13(16-3)14(9-11)17-4/h5,7-9,12H,1,6H2,2-4H3. The van der Waals surface area contributed by atoms with Crippen molar-refractivity contribution in [3.8, 4) is 11.5 Å². The molecule has 1 unspecified atom stereocenters. The second kappa shape index (κ2) is 6.09. The molecule has 0 bridgehead atoms. The van der Waals surface area contributed by atoms with Crippen molar-refractivity contribution in [2.24, 2.45) is 0 Å². The minimum absolute atomic E-state index is 0.122. The summed E-state index contributed by atoms with van der Waals surface area (Å²) >= 11 is 0. The average molecular weight is 234 g/mol. The molecular weight excluding hydrogens is 216 g/mol. The first-order valence-electron chi connectivity index (χ1n) is 5.47. The van der Waals surface area contributed by atoms with Crippen LogP contribution < -0.4 is 9.47 Å². The predicted octanol–water partition coefficient (Wildman–Crippen LogP) is 2.95. The lowest BCUT2D eigenvalue weighted by Gasteiger charge is -2.15. The maximum Gasteiger partial charge on any atom is 0.161 e. The summed E-state index contributed by atoms with van der Waals surface area (Å²) in [5.74, 6) is 1.27. The summed E-state index contributed by atoms with van der Waals surface area (Å²) in [6.45, 7) is 5.26. The van der Waals surface area contributed by atoms with Crippen LogP contribution in [0.2, 0.25) is 0 Å². The number of methoxy groups -OCH3 is 2. The number of benzene rings is 1. The van der Waals surface area contributed by atoms with Gasteiger partial charge >= 0.3 is 0 Å². The van der Waals surface area contributed by atoms with Gasteiger partial charge in [0.05, 0.1) is 14.2 Å². The summed E-state index contributed by atoms with van der Waals surface area (Å²) in [4.78, 5) is 11.6. The highest BCUT2D eigenvalue weighted by molar-refractivity contribution is 5.83. The molecule has 0 saturated carbocycles. The highest BCUT2D eigenvalue weighted by atomic mass is 16.5. The quantitative estimate of drug-likeness (QED) is 0.710. The lowest BCUT2D eigenvalue weighted by molar-refractivity contribution is -0.118. The number of ketones is 1. The molecule has 3 heteroatoms. The van der Waals surface area contributed by atoms with Crippen LogP contribution in [0.4, 0.5) is 0 Å². The fourth-order valence-electron chi connectivity index (χ4n) is 1.77. The molecule has 0 aromatic heterocycles. The first-order chi connectivity index (χ1) is 8.13. The Bertz CT molecular complexity index is 410. The molecule has 3 nitrogen and oxygen atoms in total. The van der Waals surface area contributed by atoms with Crippen molar-refractivity contribution in [2.45, 2.75) is 19.3 Å². The zero-order valence-corrected chi connectivity index (χ0v) is 10.5. The van der Waals surface area contributed by atoms with E-state index in [2.05, 4.69) is 6.58 Å². The molecule has 0 amide bonds. The van der Waals surface area contributed by atoms with Crippen molar-refractivity contribution in [2.75, 3.05) is 14.2 Å². The lowest BCUT2D eigenvalue weighted by Crippen LogP contribution is -2.08. The Hall–Kier alpha value is -1.77. The summed E-state index contributed by atoms with van der Waals surface area (Å²) in [7, 11) is 3.17. The van der Waals surface area contributed by atoms with Gasteiger partial charge in [-0.1, -0.05) is 12.1 Å². The van der Waals surface area contributed by atoms with Gasteiger partial charge in [-0.05, 0) is 31.0 Å². The van der Waals surface area contributed by atoms with Gasteiger partial charge in [-0.2, -0.15) is 0 Å². The van der Waals surface area contributed by atoms with Gasteiger partial charge in [0.1, 0.15) is 5.78 Å². The topological polar surface area (TPSA) is 35.5 Å². The molecule has 1 aromatic rings. The maximum atomic E-state index is 11.6. The number of carbonyl (C=O) groups is 1. The highest BCUT2D eigenvalue weighted by Crippen LogP contribution is 2.32. The number of hydrogen-bond acceptors (Lipinski definition) is 3.